The first-order valence-electron chi connectivity index (χ1n) is 11.8. The molecule has 0 spiro atoms. The van der Waals surface area contributed by atoms with Crippen molar-refractivity contribution in [3.05, 3.63) is 59.8 Å². The lowest BCUT2D eigenvalue weighted by Crippen LogP contribution is -2.40. The summed E-state index contributed by atoms with van der Waals surface area (Å²) in [6, 6.07) is 12.6. The van der Waals surface area contributed by atoms with Gasteiger partial charge in [0.25, 0.3) is 0 Å². The number of amides is 2. The highest BCUT2D eigenvalue weighted by Gasteiger charge is 2.24. The molecule has 0 atom stereocenters. The van der Waals surface area contributed by atoms with E-state index in [0.717, 1.165) is 28.1 Å². The van der Waals surface area contributed by atoms with Gasteiger partial charge in [-0.25, -0.2) is 14.6 Å². The van der Waals surface area contributed by atoms with E-state index < -0.39 is 12.0 Å². The van der Waals surface area contributed by atoms with Gasteiger partial charge in [0.05, 0.1) is 19.8 Å². The Labute approximate surface area is 212 Å². The number of carbonyl (C=O) groups is 2. The average molecular weight is 491 g/mol. The predicted molar refractivity (Wildman–Crippen MR) is 144 cm³/mol. The number of methoxy groups -OCH3 is 2. The Morgan fingerprint density at radius 3 is 2.11 bits per heavy atom. The Balaban J connectivity index is 2.16. The second kappa shape index (κ2) is 11.1. The summed E-state index contributed by atoms with van der Waals surface area (Å²) in [6.45, 7) is 9.78. The highest BCUT2D eigenvalue weighted by molar-refractivity contribution is 6.01. The number of benzene rings is 2. The third-order valence-corrected chi connectivity index (χ3v) is 5.83. The Kier molecular flexibility index (Phi) is 8.19. The largest absolute Gasteiger partial charge is 0.496 e. The molecule has 3 rings (SSSR count). The number of carbonyl (C=O) groups excluding carboxylic acids is 2. The molecule has 0 fully saturated rings. The molecule has 2 aromatic carbocycles. The minimum Gasteiger partial charge on any atom is -0.496 e. The smallest absolute Gasteiger partial charge is 0.338 e. The van der Waals surface area contributed by atoms with Crippen molar-refractivity contribution in [2.45, 2.75) is 46.7 Å². The number of aromatic nitrogens is 1. The first-order chi connectivity index (χ1) is 17.1. The molecule has 1 aromatic heterocycles. The summed E-state index contributed by atoms with van der Waals surface area (Å²) in [5.41, 5.74) is 10.5. The van der Waals surface area contributed by atoms with Crippen LogP contribution in [-0.4, -0.2) is 43.3 Å². The van der Waals surface area contributed by atoms with Crippen molar-refractivity contribution in [1.82, 2.24) is 4.98 Å². The van der Waals surface area contributed by atoms with E-state index in [1.54, 1.807) is 19.4 Å². The van der Waals surface area contributed by atoms with E-state index >= 15 is 0 Å². The molecular formula is C28H34N4O4. The average Bonchev–Trinajstić information content (AvgIpc) is 2.83. The Hall–Kier alpha value is -4.07. The van der Waals surface area contributed by atoms with Crippen LogP contribution < -0.4 is 20.7 Å². The lowest BCUT2D eigenvalue weighted by atomic mass is 9.90. The number of ether oxygens (including phenoxy) is 2. The van der Waals surface area contributed by atoms with Gasteiger partial charge in [0, 0.05) is 46.2 Å². The molecule has 3 N–H and O–H groups in total. The molecule has 190 valence electrons. The molecule has 0 aliphatic carbocycles. The van der Waals surface area contributed by atoms with Crippen LogP contribution in [0.25, 0.3) is 22.3 Å². The van der Waals surface area contributed by atoms with E-state index in [4.69, 9.17) is 15.2 Å². The van der Waals surface area contributed by atoms with Crippen molar-refractivity contribution in [2.24, 2.45) is 5.73 Å². The second-order valence-electron chi connectivity index (χ2n) is 9.08. The summed E-state index contributed by atoms with van der Waals surface area (Å²) >= 11 is 0. The number of hydrogen-bond acceptors (Lipinski definition) is 6. The van der Waals surface area contributed by atoms with Crippen LogP contribution in [0.3, 0.4) is 0 Å². The first kappa shape index (κ1) is 26.5. The number of hydrogen-bond donors (Lipinski definition) is 2. The van der Waals surface area contributed by atoms with Gasteiger partial charge >= 0.3 is 12.0 Å². The van der Waals surface area contributed by atoms with Crippen LogP contribution in [-0.2, 0) is 4.74 Å². The third-order valence-electron chi connectivity index (χ3n) is 5.83. The molecule has 3 aromatic rings. The fourth-order valence-electron chi connectivity index (χ4n) is 4.32. The van der Waals surface area contributed by atoms with Crippen molar-refractivity contribution < 1.29 is 19.1 Å². The van der Waals surface area contributed by atoms with Gasteiger partial charge < -0.3 is 20.5 Å². The SMILES string of the molecule is COC(=O)c1cc(-c2ccc(N(C(N)=O)C(C)C)cc2)c(OC)c(C)c1-c1ccc(NC(C)C)nc1. The molecule has 0 unspecified atom stereocenters. The van der Waals surface area contributed by atoms with Crippen LogP contribution in [0.15, 0.2) is 48.7 Å². The van der Waals surface area contributed by atoms with Crippen molar-refractivity contribution in [1.29, 1.82) is 0 Å². The van der Waals surface area contributed by atoms with Crippen LogP contribution in [0.4, 0.5) is 16.3 Å². The Morgan fingerprint density at radius 2 is 1.64 bits per heavy atom. The summed E-state index contributed by atoms with van der Waals surface area (Å²) in [5, 5.41) is 3.27. The lowest BCUT2D eigenvalue weighted by molar-refractivity contribution is 0.0601. The third kappa shape index (κ3) is 5.43. The number of nitrogens with one attached hydrogen (secondary N) is 1. The fourth-order valence-corrected chi connectivity index (χ4v) is 4.32. The molecule has 0 aliphatic rings. The van der Waals surface area contributed by atoms with Gasteiger partial charge in [0.1, 0.15) is 11.6 Å². The number of nitrogens with two attached hydrogens (primary N) is 1. The molecule has 1 heterocycles. The van der Waals surface area contributed by atoms with Gasteiger partial charge in [-0.2, -0.15) is 0 Å². The number of primary amides is 1. The van der Waals surface area contributed by atoms with Crippen molar-refractivity contribution in [3.8, 4) is 28.0 Å². The molecule has 0 radical (unpaired) electrons. The van der Waals surface area contributed by atoms with Gasteiger partial charge in [-0.15, -0.1) is 0 Å². The number of nitrogens with zero attached hydrogens (tertiary/aromatic N) is 2. The molecule has 36 heavy (non-hydrogen) atoms. The van der Waals surface area contributed by atoms with Crippen LogP contribution in [0, 0.1) is 6.92 Å². The van der Waals surface area contributed by atoms with Crippen molar-refractivity contribution >= 4 is 23.5 Å². The van der Waals surface area contributed by atoms with Gasteiger partial charge in [-0.1, -0.05) is 12.1 Å². The van der Waals surface area contributed by atoms with Crippen molar-refractivity contribution in [3.63, 3.8) is 0 Å². The molecule has 8 heteroatoms. The van der Waals surface area contributed by atoms with E-state index in [1.165, 1.54) is 12.0 Å². The topological polar surface area (TPSA) is 107 Å². The summed E-state index contributed by atoms with van der Waals surface area (Å²) in [6.07, 6.45) is 1.73. The zero-order chi connectivity index (χ0) is 26.6. The quantitative estimate of drug-likeness (QED) is 0.396. The molecule has 8 nitrogen and oxygen atoms in total. The molecule has 0 aliphatic heterocycles. The predicted octanol–water partition coefficient (Wildman–Crippen LogP) is 5.63. The maximum absolute atomic E-state index is 12.9. The monoisotopic (exact) mass is 490 g/mol. The highest BCUT2D eigenvalue weighted by atomic mass is 16.5. The summed E-state index contributed by atoms with van der Waals surface area (Å²) in [4.78, 5) is 30.8. The maximum atomic E-state index is 12.9. The van der Waals surface area contributed by atoms with Gasteiger partial charge in [-0.3, -0.25) is 4.90 Å². The van der Waals surface area contributed by atoms with Crippen LogP contribution >= 0.6 is 0 Å². The number of esters is 1. The second-order valence-corrected chi connectivity index (χ2v) is 9.08. The highest BCUT2D eigenvalue weighted by Crippen LogP contribution is 2.42. The number of rotatable bonds is 8. The summed E-state index contributed by atoms with van der Waals surface area (Å²) < 4.78 is 10.9. The lowest BCUT2D eigenvalue weighted by Gasteiger charge is -2.25. The van der Waals surface area contributed by atoms with Gasteiger partial charge in [0.2, 0.25) is 0 Å². The Bertz CT molecular complexity index is 1240. The van der Waals surface area contributed by atoms with E-state index in [-0.39, 0.29) is 12.1 Å². The molecule has 0 bridgehead atoms. The summed E-state index contributed by atoms with van der Waals surface area (Å²) in [7, 11) is 2.96. The molecule has 0 saturated heterocycles. The van der Waals surface area contributed by atoms with Crippen LogP contribution in [0.2, 0.25) is 0 Å². The van der Waals surface area contributed by atoms with Gasteiger partial charge in [0.15, 0.2) is 0 Å². The van der Waals surface area contributed by atoms with E-state index in [1.807, 2.05) is 71.0 Å². The molecule has 2 amide bonds. The zero-order valence-corrected chi connectivity index (χ0v) is 21.9. The van der Waals surface area contributed by atoms with Crippen molar-refractivity contribution in [2.75, 3.05) is 24.4 Å². The molecule has 0 saturated carbocycles. The van der Waals surface area contributed by atoms with E-state index in [2.05, 4.69) is 10.3 Å². The first-order valence-corrected chi connectivity index (χ1v) is 11.8. The normalized spacial score (nSPS) is 10.9. The standard InChI is InChI=1S/C28H34N4O4/c1-16(2)31-24-13-10-20(15-30-24)25-18(5)26(35-6)22(14-23(25)27(33)36-7)19-8-11-21(12-9-19)32(17(3)4)28(29)34/h8-17H,1-7H3,(H2,29,34)(H,30,31). The summed E-state index contributed by atoms with van der Waals surface area (Å²) in [5.74, 6) is 0.921. The number of pyridine rings is 1. The maximum Gasteiger partial charge on any atom is 0.338 e. The zero-order valence-electron chi connectivity index (χ0n) is 21.9. The molecular weight excluding hydrogens is 456 g/mol. The minimum absolute atomic E-state index is 0.0916. The fraction of sp³-hybridized carbons (Fsp3) is 0.321. The minimum atomic E-state index is -0.522. The van der Waals surface area contributed by atoms with Gasteiger partial charge in [-0.05, 0) is 70.5 Å². The van der Waals surface area contributed by atoms with Crippen LogP contribution in [0.5, 0.6) is 5.75 Å². The number of anilines is 2. The Morgan fingerprint density at radius 1 is 1.00 bits per heavy atom. The van der Waals surface area contributed by atoms with E-state index in [9.17, 15) is 9.59 Å². The van der Waals surface area contributed by atoms with E-state index in [0.29, 0.717) is 22.6 Å². The number of urea groups is 1. The van der Waals surface area contributed by atoms with Crippen LogP contribution in [0.1, 0.15) is 43.6 Å².